The van der Waals surface area contributed by atoms with Gasteiger partial charge >= 0.3 is 0 Å². The van der Waals surface area contributed by atoms with Crippen molar-refractivity contribution < 1.29 is 22.8 Å². The third-order valence-corrected chi connectivity index (χ3v) is 6.65. The molecule has 1 fully saturated rings. The Bertz CT molecular complexity index is 832. The van der Waals surface area contributed by atoms with Crippen LogP contribution in [0.2, 0.25) is 0 Å². The lowest BCUT2D eigenvalue weighted by Crippen LogP contribution is -3.13. The summed E-state index contributed by atoms with van der Waals surface area (Å²) in [6, 6.07) is 14.4. The van der Waals surface area contributed by atoms with E-state index in [-0.39, 0.29) is 0 Å². The van der Waals surface area contributed by atoms with E-state index < -0.39 is 10.0 Å². The summed E-state index contributed by atoms with van der Waals surface area (Å²) in [5, 5.41) is 0. The number of piperazine rings is 1. The van der Waals surface area contributed by atoms with Gasteiger partial charge in [-0.05, 0) is 30.3 Å². The maximum absolute atomic E-state index is 12.7. The molecule has 1 N–H and O–H groups in total. The number of nitrogens with zero attached hydrogens (tertiary/aromatic N) is 1. The maximum atomic E-state index is 12.7. The second-order valence-electron chi connectivity index (χ2n) is 6.32. The summed E-state index contributed by atoms with van der Waals surface area (Å²) < 4.78 is 37.8. The van der Waals surface area contributed by atoms with Gasteiger partial charge in [0.25, 0.3) is 0 Å². The lowest BCUT2D eigenvalue weighted by Gasteiger charge is -2.31. The molecule has 1 saturated heterocycles. The number of nitrogens with one attached hydrogen (secondary N) is 1. The maximum Gasteiger partial charge on any atom is 0.243 e. The van der Waals surface area contributed by atoms with Crippen LogP contribution in [0.5, 0.6) is 11.5 Å². The number of methoxy groups -OCH3 is 2. The molecule has 26 heavy (non-hydrogen) atoms. The van der Waals surface area contributed by atoms with Crippen molar-refractivity contribution in [3.05, 3.63) is 54.1 Å². The predicted octanol–water partition coefficient (Wildman–Crippen LogP) is 0.793. The third kappa shape index (κ3) is 4.00. The van der Waals surface area contributed by atoms with Gasteiger partial charge in [-0.3, -0.25) is 0 Å². The molecule has 6 nitrogen and oxygen atoms in total. The van der Waals surface area contributed by atoms with E-state index in [1.54, 1.807) is 42.8 Å². The summed E-state index contributed by atoms with van der Waals surface area (Å²) in [5.74, 6) is 1.63. The average Bonchev–Trinajstić information content (AvgIpc) is 2.69. The van der Waals surface area contributed by atoms with E-state index in [1.165, 1.54) is 4.90 Å². The molecule has 0 amide bonds. The predicted molar refractivity (Wildman–Crippen MR) is 99.1 cm³/mol. The fourth-order valence-corrected chi connectivity index (χ4v) is 4.71. The Balaban J connectivity index is 1.66. The molecule has 0 atom stereocenters. The molecule has 2 aromatic rings. The van der Waals surface area contributed by atoms with Gasteiger partial charge in [0.1, 0.15) is 18.0 Å². The molecule has 0 saturated carbocycles. The minimum absolute atomic E-state index is 0.359. The fourth-order valence-electron chi connectivity index (χ4n) is 3.25. The Kier molecular flexibility index (Phi) is 5.80. The van der Waals surface area contributed by atoms with Crippen molar-refractivity contribution in [1.82, 2.24) is 4.31 Å². The number of quaternary nitrogens is 1. The molecule has 140 valence electrons. The molecule has 1 aliphatic heterocycles. The summed E-state index contributed by atoms with van der Waals surface area (Å²) in [6.07, 6.45) is 0. The summed E-state index contributed by atoms with van der Waals surface area (Å²) in [7, 11) is -0.104. The largest absolute Gasteiger partial charge is 0.497 e. The number of hydrogen-bond acceptors (Lipinski definition) is 4. The SMILES string of the molecule is COc1ccc(OC)c(C[NH+]2CCN(S(=O)(=O)c3ccccc3)CC2)c1. The van der Waals surface area contributed by atoms with E-state index in [1.807, 2.05) is 24.3 Å². The van der Waals surface area contributed by atoms with Crippen molar-refractivity contribution in [2.75, 3.05) is 40.4 Å². The Morgan fingerprint density at radius 2 is 1.69 bits per heavy atom. The summed E-state index contributed by atoms with van der Waals surface area (Å²) in [4.78, 5) is 1.69. The van der Waals surface area contributed by atoms with Gasteiger partial charge in [0, 0.05) is 0 Å². The van der Waals surface area contributed by atoms with Crippen LogP contribution in [0.4, 0.5) is 0 Å². The first-order valence-corrected chi connectivity index (χ1v) is 10.1. The first-order chi connectivity index (χ1) is 12.5. The molecule has 3 rings (SSSR count). The molecule has 7 heteroatoms. The Morgan fingerprint density at radius 3 is 2.31 bits per heavy atom. The number of rotatable bonds is 6. The fraction of sp³-hybridized carbons (Fsp3) is 0.368. The van der Waals surface area contributed by atoms with Crippen molar-refractivity contribution in [1.29, 1.82) is 0 Å². The van der Waals surface area contributed by atoms with Gasteiger partial charge in [-0.15, -0.1) is 0 Å². The van der Waals surface area contributed by atoms with Gasteiger partial charge < -0.3 is 14.4 Å². The van der Waals surface area contributed by atoms with Crippen LogP contribution in [-0.4, -0.2) is 53.1 Å². The smallest absolute Gasteiger partial charge is 0.243 e. The zero-order valence-electron chi connectivity index (χ0n) is 15.1. The van der Waals surface area contributed by atoms with Crippen LogP contribution in [0.1, 0.15) is 5.56 Å². The summed E-state index contributed by atoms with van der Waals surface area (Å²) in [6.45, 7) is 3.32. The number of hydrogen-bond donors (Lipinski definition) is 1. The topological polar surface area (TPSA) is 60.3 Å². The van der Waals surface area contributed by atoms with Crippen LogP contribution >= 0.6 is 0 Å². The molecule has 0 bridgehead atoms. The lowest BCUT2D eigenvalue weighted by atomic mass is 10.1. The molecule has 0 aromatic heterocycles. The van der Waals surface area contributed by atoms with Crippen molar-refractivity contribution in [3.8, 4) is 11.5 Å². The van der Waals surface area contributed by atoms with Gasteiger partial charge in [-0.25, -0.2) is 8.42 Å². The molecule has 0 spiro atoms. The van der Waals surface area contributed by atoms with Gasteiger partial charge in [0.05, 0.1) is 50.9 Å². The lowest BCUT2D eigenvalue weighted by molar-refractivity contribution is -0.917. The highest BCUT2D eigenvalue weighted by atomic mass is 32.2. The molecule has 0 radical (unpaired) electrons. The first-order valence-electron chi connectivity index (χ1n) is 8.64. The highest BCUT2D eigenvalue weighted by molar-refractivity contribution is 7.89. The molecular weight excluding hydrogens is 352 g/mol. The van der Waals surface area contributed by atoms with E-state index in [4.69, 9.17) is 9.47 Å². The van der Waals surface area contributed by atoms with Crippen LogP contribution in [-0.2, 0) is 16.6 Å². The van der Waals surface area contributed by atoms with Crippen LogP contribution in [0.3, 0.4) is 0 Å². The van der Waals surface area contributed by atoms with Crippen molar-refractivity contribution in [2.24, 2.45) is 0 Å². The number of ether oxygens (including phenoxy) is 2. The van der Waals surface area contributed by atoms with Crippen molar-refractivity contribution in [3.63, 3.8) is 0 Å². The number of sulfonamides is 1. The van der Waals surface area contributed by atoms with Crippen LogP contribution in [0.15, 0.2) is 53.4 Å². The summed E-state index contributed by atoms with van der Waals surface area (Å²) in [5.41, 5.74) is 1.07. The molecular formula is C19H25N2O4S+. The van der Waals surface area contributed by atoms with E-state index in [0.717, 1.165) is 36.7 Å². The Hall–Kier alpha value is -2.09. The van der Waals surface area contributed by atoms with E-state index in [9.17, 15) is 8.42 Å². The normalized spacial score (nSPS) is 16.4. The monoisotopic (exact) mass is 377 g/mol. The molecule has 1 heterocycles. The highest BCUT2D eigenvalue weighted by Crippen LogP contribution is 2.23. The van der Waals surface area contributed by atoms with Crippen LogP contribution in [0, 0.1) is 0 Å². The van der Waals surface area contributed by atoms with Gasteiger partial charge in [0.2, 0.25) is 10.0 Å². The Labute approximate surface area is 155 Å². The van der Waals surface area contributed by atoms with Gasteiger partial charge in [-0.1, -0.05) is 18.2 Å². The second kappa shape index (κ2) is 8.07. The average molecular weight is 377 g/mol. The van der Waals surface area contributed by atoms with E-state index in [2.05, 4.69) is 0 Å². The molecule has 2 aromatic carbocycles. The van der Waals surface area contributed by atoms with Gasteiger partial charge in [0.15, 0.2) is 0 Å². The van der Waals surface area contributed by atoms with Gasteiger partial charge in [-0.2, -0.15) is 4.31 Å². The summed E-state index contributed by atoms with van der Waals surface area (Å²) >= 11 is 0. The zero-order chi connectivity index (χ0) is 18.6. The van der Waals surface area contributed by atoms with Crippen LogP contribution in [0.25, 0.3) is 0 Å². The van der Waals surface area contributed by atoms with Crippen molar-refractivity contribution in [2.45, 2.75) is 11.4 Å². The quantitative estimate of drug-likeness (QED) is 0.809. The molecule has 0 aliphatic carbocycles. The zero-order valence-corrected chi connectivity index (χ0v) is 16.0. The second-order valence-corrected chi connectivity index (χ2v) is 8.26. The van der Waals surface area contributed by atoms with Crippen molar-refractivity contribution >= 4 is 10.0 Å². The molecule has 0 unspecified atom stereocenters. The first kappa shape index (κ1) is 18.7. The standard InChI is InChI=1S/C19H24N2O4S/c1-24-17-8-9-19(25-2)16(14-17)15-20-10-12-21(13-11-20)26(22,23)18-6-4-3-5-7-18/h3-9,14H,10-13,15H2,1-2H3/p+1. The van der Waals surface area contributed by atoms with E-state index in [0.29, 0.717) is 18.0 Å². The van der Waals surface area contributed by atoms with E-state index >= 15 is 0 Å². The minimum atomic E-state index is -3.41. The molecule has 1 aliphatic rings. The minimum Gasteiger partial charge on any atom is -0.497 e. The van der Waals surface area contributed by atoms with Crippen LogP contribution < -0.4 is 14.4 Å². The Morgan fingerprint density at radius 1 is 1.00 bits per heavy atom. The third-order valence-electron chi connectivity index (χ3n) is 4.74. The highest BCUT2D eigenvalue weighted by Gasteiger charge is 2.30. The number of benzene rings is 2.